The quantitative estimate of drug-likeness (QED) is 0.604. The van der Waals surface area contributed by atoms with Crippen molar-refractivity contribution in [3.8, 4) is 0 Å². The highest BCUT2D eigenvalue weighted by molar-refractivity contribution is 7.89. The predicted octanol–water partition coefficient (Wildman–Crippen LogP) is 3.71. The number of hydrogen-bond donors (Lipinski definition) is 1. The first-order valence-corrected chi connectivity index (χ1v) is 12.7. The average Bonchev–Trinajstić information content (AvgIpc) is 2.84. The second-order valence-electron chi connectivity index (χ2n) is 8.37. The summed E-state index contributed by atoms with van der Waals surface area (Å²) < 4.78 is 66.9. The Labute approximate surface area is 198 Å². The zero-order valence-electron chi connectivity index (χ0n) is 19.3. The fourth-order valence-electron chi connectivity index (χ4n) is 4.16. The molecule has 0 spiro atoms. The van der Waals surface area contributed by atoms with Crippen LogP contribution in [0.2, 0.25) is 0 Å². The smallest absolute Gasteiger partial charge is 0.354 e. The lowest BCUT2D eigenvalue weighted by Crippen LogP contribution is -2.55. The lowest BCUT2D eigenvalue weighted by atomic mass is 9.96. The first-order valence-electron chi connectivity index (χ1n) is 11.3. The molecule has 34 heavy (non-hydrogen) atoms. The van der Waals surface area contributed by atoms with E-state index in [1.807, 2.05) is 35.2 Å². The van der Waals surface area contributed by atoms with E-state index >= 15 is 0 Å². The summed E-state index contributed by atoms with van der Waals surface area (Å²) in [6.07, 6.45) is -3.90. The van der Waals surface area contributed by atoms with E-state index in [9.17, 15) is 26.4 Å². The molecule has 1 aliphatic rings. The molecule has 2 aromatic rings. The van der Waals surface area contributed by atoms with Gasteiger partial charge in [0.15, 0.2) is 0 Å². The molecule has 0 saturated carbocycles. The normalized spacial score (nSPS) is 17.8. The largest absolute Gasteiger partial charge is 0.417 e. The van der Waals surface area contributed by atoms with Gasteiger partial charge in [-0.1, -0.05) is 49.4 Å². The number of piperazine rings is 1. The Kier molecular flexibility index (Phi) is 8.38. The minimum Gasteiger partial charge on any atom is -0.354 e. The molecule has 1 heterocycles. The number of benzene rings is 2. The highest BCUT2D eigenvalue weighted by Gasteiger charge is 2.40. The molecule has 0 radical (unpaired) electrons. The van der Waals surface area contributed by atoms with Gasteiger partial charge in [0.05, 0.1) is 16.5 Å². The van der Waals surface area contributed by atoms with Gasteiger partial charge in [0, 0.05) is 38.6 Å². The van der Waals surface area contributed by atoms with Gasteiger partial charge in [-0.3, -0.25) is 9.69 Å². The third kappa shape index (κ3) is 5.97. The Morgan fingerprint density at radius 1 is 1.00 bits per heavy atom. The summed E-state index contributed by atoms with van der Waals surface area (Å²) in [6, 6.07) is 13.6. The number of nitrogens with one attached hydrogen (secondary N) is 1. The molecule has 10 heteroatoms. The first kappa shape index (κ1) is 26.2. The number of carbonyl (C=O) groups is 1. The summed E-state index contributed by atoms with van der Waals surface area (Å²) in [7, 11) is -4.31. The molecule has 6 nitrogen and oxygen atoms in total. The van der Waals surface area contributed by atoms with Gasteiger partial charge in [0.25, 0.3) is 0 Å². The molecule has 1 aliphatic heterocycles. The lowest BCUT2D eigenvalue weighted by molar-refractivity contribution is -0.140. The van der Waals surface area contributed by atoms with Gasteiger partial charge in [-0.15, -0.1) is 0 Å². The van der Waals surface area contributed by atoms with Gasteiger partial charge in [0.2, 0.25) is 15.9 Å². The van der Waals surface area contributed by atoms with Gasteiger partial charge in [-0.25, -0.2) is 8.42 Å². The molecule has 0 unspecified atom stereocenters. The van der Waals surface area contributed by atoms with Crippen LogP contribution in [0.25, 0.3) is 0 Å². The highest BCUT2D eigenvalue weighted by Crippen LogP contribution is 2.35. The molecular weight excluding hydrogens is 467 g/mol. The maximum absolute atomic E-state index is 13.3. The number of carbonyl (C=O) groups excluding carboxylic acids is 1. The van der Waals surface area contributed by atoms with E-state index < -0.39 is 32.7 Å². The molecule has 186 valence electrons. The molecule has 1 N–H and O–H groups in total. The monoisotopic (exact) mass is 497 g/mol. The molecule has 2 atom stereocenters. The van der Waals surface area contributed by atoms with Gasteiger partial charge in [0.1, 0.15) is 0 Å². The average molecular weight is 498 g/mol. The van der Waals surface area contributed by atoms with Crippen LogP contribution in [0.3, 0.4) is 0 Å². The maximum atomic E-state index is 13.3. The number of alkyl halides is 3. The number of hydrogen-bond acceptors (Lipinski definition) is 4. The van der Waals surface area contributed by atoms with Crippen LogP contribution in [-0.2, 0) is 21.0 Å². The highest BCUT2D eigenvalue weighted by atomic mass is 32.2. The summed E-state index contributed by atoms with van der Waals surface area (Å²) in [5.74, 6) is 0.0288. The Hall–Kier alpha value is -2.43. The summed E-state index contributed by atoms with van der Waals surface area (Å²) in [6.45, 7) is 4.81. The van der Waals surface area contributed by atoms with E-state index in [1.54, 1.807) is 6.92 Å². The maximum Gasteiger partial charge on any atom is 0.417 e. The Morgan fingerprint density at radius 2 is 1.59 bits per heavy atom. The number of nitrogens with zero attached hydrogens (tertiary/aromatic N) is 2. The van der Waals surface area contributed by atoms with E-state index in [-0.39, 0.29) is 38.0 Å². The number of halogens is 3. The van der Waals surface area contributed by atoms with Gasteiger partial charge in [-0.2, -0.15) is 17.5 Å². The minimum atomic E-state index is -4.77. The first-order chi connectivity index (χ1) is 16.1. The van der Waals surface area contributed by atoms with Crippen molar-refractivity contribution < 1.29 is 26.4 Å². The van der Waals surface area contributed by atoms with Crippen molar-refractivity contribution in [1.29, 1.82) is 0 Å². The van der Waals surface area contributed by atoms with Crippen LogP contribution in [0.1, 0.15) is 37.3 Å². The summed E-state index contributed by atoms with van der Waals surface area (Å²) >= 11 is 0. The van der Waals surface area contributed by atoms with Crippen molar-refractivity contribution in [2.45, 2.75) is 43.3 Å². The second kappa shape index (κ2) is 10.9. The molecule has 1 amide bonds. The third-order valence-corrected chi connectivity index (χ3v) is 8.25. The molecule has 1 fully saturated rings. The van der Waals surface area contributed by atoms with E-state index in [4.69, 9.17) is 0 Å². The van der Waals surface area contributed by atoms with Crippen molar-refractivity contribution in [3.63, 3.8) is 0 Å². The zero-order valence-corrected chi connectivity index (χ0v) is 20.1. The van der Waals surface area contributed by atoms with Crippen molar-refractivity contribution in [1.82, 2.24) is 14.5 Å². The van der Waals surface area contributed by atoms with Crippen LogP contribution >= 0.6 is 0 Å². The molecule has 3 rings (SSSR count). The molecular formula is C24H30F3N3O3S. The van der Waals surface area contributed by atoms with Gasteiger partial charge >= 0.3 is 6.18 Å². The Morgan fingerprint density at radius 3 is 2.18 bits per heavy atom. The molecule has 0 aliphatic carbocycles. The molecule has 1 saturated heterocycles. The van der Waals surface area contributed by atoms with Gasteiger partial charge < -0.3 is 5.32 Å². The van der Waals surface area contributed by atoms with Crippen LogP contribution in [0.5, 0.6) is 0 Å². The number of rotatable bonds is 8. The van der Waals surface area contributed by atoms with Gasteiger partial charge in [-0.05, 0) is 31.0 Å². The topological polar surface area (TPSA) is 69.7 Å². The molecule has 0 bridgehead atoms. The second-order valence-corrected chi connectivity index (χ2v) is 10.3. The molecule has 0 aromatic heterocycles. The minimum absolute atomic E-state index is 0.00768. The Balaban J connectivity index is 1.59. The van der Waals surface area contributed by atoms with Crippen LogP contribution in [0.4, 0.5) is 13.2 Å². The van der Waals surface area contributed by atoms with E-state index in [0.717, 1.165) is 28.4 Å². The fourth-order valence-corrected chi connectivity index (χ4v) is 5.79. The van der Waals surface area contributed by atoms with Crippen LogP contribution in [0, 0.1) is 0 Å². The fraction of sp³-hybridized carbons (Fsp3) is 0.458. The van der Waals surface area contributed by atoms with Crippen LogP contribution in [-0.4, -0.2) is 62.3 Å². The third-order valence-electron chi connectivity index (χ3n) is 6.30. The van der Waals surface area contributed by atoms with E-state index in [0.29, 0.717) is 6.54 Å². The van der Waals surface area contributed by atoms with Crippen LogP contribution in [0.15, 0.2) is 59.5 Å². The van der Waals surface area contributed by atoms with Crippen molar-refractivity contribution in [2.75, 3.05) is 32.7 Å². The summed E-state index contributed by atoms with van der Waals surface area (Å²) in [4.78, 5) is 13.8. The van der Waals surface area contributed by atoms with E-state index in [1.165, 1.54) is 12.1 Å². The van der Waals surface area contributed by atoms with E-state index in [2.05, 4.69) is 12.2 Å². The summed E-state index contributed by atoms with van der Waals surface area (Å²) in [5.41, 5.74) is -0.0232. The van der Waals surface area contributed by atoms with Crippen LogP contribution < -0.4 is 5.32 Å². The Bertz CT molecular complexity index is 1070. The SMILES string of the molecule is CC[C@@H](CNC(=O)[C@@H](C)N1CCN(S(=O)(=O)c2ccccc2C(F)(F)F)CC1)c1ccccc1. The summed E-state index contributed by atoms with van der Waals surface area (Å²) in [5, 5.41) is 2.98. The zero-order chi connectivity index (χ0) is 24.9. The van der Waals surface area contributed by atoms with Crippen molar-refractivity contribution >= 4 is 15.9 Å². The molecule has 2 aromatic carbocycles. The number of amides is 1. The van der Waals surface area contributed by atoms with Crippen molar-refractivity contribution in [2.24, 2.45) is 0 Å². The standard InChI is InChI=1S/C24H30F3N3O3S/c1-3-19(20-9-5-4-6-10-20)17-28-23(31)18(2)29-13-15-30(16-14-29)34(32,33)22-12-8-7-11-21(22)24(25,26)27/h4-12,18-19H,3,13-17H2,1-2H3,(H,28,31)/t18-,19+/m1/s1. The number of sulfonamides is 1. The predicted molar refractivity (Wildman–Crippen MR) is 124 cm³/mol. The van der Waals surface area contributed by atoms with Crippen molar-refractivity contribution in [3.05, 3.63) is 65.7 Å². The lowest BCUT2D eigenvalue weighted by Gasteiger charge is -2.37.